The van der Waals surface area contributed by atoms with Crippen molar-refractivity contribution in [2.24, 2.45) is 22.7 Å². The summed E-state index contributed by atoms with van der Waals surface area (Å²) in [5, 5.41) is 1.28. The van der Waals surface area contributed by atoms with Gasteiger partial charge in [0.05, 0.1) is 5.04 Å². The molecule has 0 N–H and O–H groups in total. The van der Waals surface area contributed by atoms with Gasteiger partial charge in [0, 0.05) is 12.1 Å². The molecule has 1 heterocycles. The number of hydrogen-bond donors (Lipinski definition) is 0. The van der Waals surface area contributed by atoms with Gasteiger partial charge in [-0.2, -0.15) is 0 Å². The van der Waals surface area contributed by atoms with E-state index in [1.54, 1.807) is 16.7 Å². The highest BCUT2D eigenvalue weighted by Gasteiger charge is 2.34. The summed E-state index contributed by atoms with van der Waals surface area (Å²) in [6.45, 7) is 10.7. The average Bonchev–Trinajstić information content (AvgIpc) is 2.96. The molecular formula is C22H35NS. The Morgan fingerprint density at radius 1 is 1.08 bits per heavy atom. The highest BCUT2D eigenvalue weighted by molar-refractivity contribution is 8.17. The normalized spacial score (nSPS) is 25.4. The molecule has 2 aliphatic carbocycles. The molecule has 0 aromatic rings. The van der Waals surface area contributed by atoms with E-state index in [2.05, 4.69) is 45.2 Å². The van der Waals surface area contributed by atoms with Crippen LogP contribution in [0.1, 0.15) is 78.6 Å². The van der Waals surface area contributed by atoms with Crippen LogP contribution in [0, 0.1) is 30.6 Å². The molecule has 134 valence electrons. The van der Waals surface area contributed by atoms with E-state index in [0.29, 0.717) is 11.8 Å². The average molecular weight is 346 g/mol. The molecule has 0 saturated heterocycles. The third-order valence-electron chi connectivity index (χ3n) is 5.11. The van der Waals surface area contributed by atoms with Crippen molar-refractivity contribution in [1.29, 1.82) is 0 Å². The highest BCUT2D eigenvalue weighted by atomic mass is 32.2. The monoisotopic (exact) mass is 345 g/mol. The second-order valence-corrected chi connectivity index (χ2v) is 8.49. The van der Waals surface area contributed by atoms with Crippen LogP contribution in [0.2, 0.25) is 0 Å². The SMILES string of the molecule is C#C.C=CN=C1SC2=C(CCCC2)C1C(C)C.CC1CCCCC1. The summed E-state index contributed by atoms with van der Waals surface area (Å²) in [5.74, 6) is 2.29. The molecule has 1 fully saturated rings. The Labute approximate surface area is 154 Å². The minimum absolute atomic E-state index is 0.586. The molecule has 1 saturated carbocycles. The maximum atomic E-state index is 4.45. The fourth-order valence-corrected chi connectivity index (χ4v) is 5.40. The van der Waals surface area contributed by atoms with Crippen LogP contribution in [0.25, 0.3) is 0 Å². The topological polar surface area (TPSA) is 12.4 Å². The molecule has 0 bridgehead atoms. The van der Waals surface area contributed by atoms with Crippen LogP contribution in [0.3, 0.4) is 0 Å². The largest absolute Gasteiger partial charge is 0.254 e. The fourth-order valence-electron chi connectivity index (χ4n) is 3.88. The van der Waals surface area contributed by atoms with Crippen LogP contribution in [-0.4, -0.2) is 5.04 Å². The van der Waals surface area contributed by atoms with Gasteiger partial charge in [-0.1, -0.05) is 76.8 Å². The molecule has 1 atom stereocenters. The lowest BCUT2D eigenvalue weighted by Gasteiger charge is -2.21. The number of aliphatic imine (C=N–C) groups is 1. The maximum Gasteiger partial charge on any atom is 0.0850 e. The van der Waals surface area contributed by atoms with Crippen molar-refractivity contribution in [3.8, 4) is 12.8 Å². The lowest BCUT2D eigenvalue weighted by Crippen LogP contribution is -2.16. The van der Waals surface area contributed by atoms with E-state index in [0.717, 1.165) is 5.92 Å². The van der Waals surface area contributed by atoms with Crippen LogP contribution in [-0.2, 0) is 0 Å². The van der Waals surface area contributed by atoms with E-state index < -0.39 is 0 Å². The first-order chi connectivity index (χ1) is 11.6. The summed E-state index contributed by atoms with van der Waals surface area (Å²) in [7, 11) is 0. The molecule has 0 aromatic heterocycles. The summed E-state index contributed by atoms with van der Waals surface area (Å²) in [4.78, 5) is 6.06. The molecular weight excluding hydrogens is 310 g/mol. The summed E-state index contributed by atoms with van der Waals surface area (Å²) in [6.07, 6.45) is 22.4. The van der Waals surface area contributed by atoms with Crippen LogP contribution >= 0.6 is 11.8 Å². The van der Waals surface area contributed by atoms with Gasteiger partial charge in [-0.25, -0.2) is 0 Å². The van der Waals surface area contributed by atoms with Gasteiger partial charge < -0.3 is 0 Å². The first-order valence-electron chi connectivity index (χ1n) is 9.55. The number of nitrogens with zero attached hydrogens (tertiary/aromatic N) is 1. The second kappa shape index (κ2) is 11.6. The van der Waals surface area contributed by atoms with Crippen LogP contribution in [0.5, 0.6) is 0 Å². The molecule has 24 heavy (non-hydrogen) atoms. The van der Waals surface area contributed by atoms with Gasteiger partial charge in [0.15, 0.2) is 0 Å². The maximum absolute atomic E-state index is 4.45. The lowest BCUT2D eigenvalue weighted by atomic mass is 9.83. The molecule has 3 aliphatic rings. The molecule has 1 nitrogen and oxygen atoms in total. The third kappa shape index (κ3) is 6.17. The molecule has 3 rings (SSSR count). The van der Waals surface area contributed by atoms with E-state index in [1.165, 1.54) is 62.8 Å². The zero-order chi connectivity index (χ0) is 17.9. The number of thioether (sulfide) groups is 1. The minimum atomic E-state index is 0.586. The van der Waals surface area contributed by atoms with Gasteiger partial charge >= 0.3 is 0 Å². The van der Waals surface area contributed by atoms with Crippen LogP contribution in [0.4, 0.5) is 0 Å². The molecule has 0 radical (unpaired) electrons. The molecule has 0 amide bonds. The van der Waals surface area contributed by atoms with E-state index >= 15 is 0 Å². The molecule has 1 aliphatic heterocycles. The summed E-state index contributed by atoms with van der Waals surface area (Å²) < 4.78 is 0. The Balaban J connectivity index is 0.000000268. The lowest BCUT2D eigenvalue weighted by molar-refractivity contribution is 0.385. The highest BCUT2D eigenvalue weighted by Crippen LogP contribution is 2.48. The summed E-state index contributed by atoms with van der Waals surface area (Å²) in [5.41, 5.74) is 1.68. The zero-order valence-electron chi connectivity index (χ0n) is 15.9. The Hall–Kier alpha value is -0.940. The van der Waals surface area contributed by atoms with Crippen molar-refractivity contribution in [1.82, 2.24) is 0 Å². The first-order valence-corrected chi connectivity index (χ1v) is 10.4. The van der Waals surface area contributed by atoms with Gasteiger partial charge in [-0.3, -0.25) is 4.99 Å². The zero-order valence-corrected chi connectivity index (χ0v) is 16.7. The fraction of sp³-hybridized carbons (Fsp3) is 0.682. The van der Waals surface area contributed by atoms with Crippen molar-refractivity contribution >= 4 is 16.8 Å². The molecule has 2 heteroatoms. The van der Waals surface area contributed by atoms with Crippen molar-refractivity contribution in [2.45, 2.75) is 78.6 Å². The van der Waals surface area contributed by atoms with Crippen molar-refractivity contribution in [3.05, 3.63) is 23.3 Å². The van der Waals surface area contributed by atoms with Gasteiger partial charge in [0.2, 0.25) is 0 Å². The molecule has 0 spiro atoms. The minimum Gasteiger partial charge on any atom is -0.254 e. The predicted molar refractivity (Wildman–Crippen MR) is 111 cm³/mol. The van der Waals surface area contributed by atoms with E-state index in [-0.39, 0.29) is 0 Å². The van der Waals surface area contributed by atoms with Crippen LogP contribution in [0.15, 0.2) is 28.2 Å². The van der Waals surface area contributed by atoms with Crippen molar-refractivity contribution in [2.75, 3.05) is 0 Å². The Morgan fingerprint density at radius 3 is 2.21 bits per heavy atom. The van der Waals surface area contributed by atoms with Crippen molar-refractivity contribution in [3.63, 3.8) is 0 Å². The quantitative estimate of drug-likeness (QED) is 0.481. The number of rotatable bonds is 2. The van der Waals surface area contributed by atoms with Gasteiger partial charge in [-0.15, -0.1) is 12.8 Å². The number of terminal acetylenes is 1. The standard InChI is InChI=1S/C13H19NS.C7H14.C2H2/c1-4-14-13-12(9(2)3)10-7-5-6-8-11(10)15-13;1-7-5-3-2-4-6-7;1-2/h4,9,12H,1,5-8H2,2-3H3;7H,2-6H2,1H3;1-2H. The Kier molecular flexibility index (Phi) is 10.2. The first kappa shape index (κ1) is 21.1. The van der Waals surface area contributed by atoms with Gasteiger partial charge in [0.25, 0.3) is 0 Å². The summed E-state index contributed by atoms with van der Waals surface area (Å²) in [6, 6.07) is 0. The third-order valence-corrected chi connectivity index (χ3v) is 6.39. The van der Waals surface area contributed by atoms with E-state index in [9.17, 15) is 0 Å². The number of allylic oxidation sites excluding steroid dienone is 2. The molecule has 1 unspecified atom stereocenters. The van der Waals surface area contributed by atoms with Crippen molar-refractivity contribution < 1.29 is 0 Å². The van der Waals surface area contributed by atoms with E-state index in [4.69, 9.17) is 0 Å². The van der Waals surface area contributed by atoms with E-state index in [1.807, 2.05) is 11.8 Å². The van der Waals surface area contributed by atoms with Gasteiger partial charge in [0.1, 0.15) is 0 Å². The molecule has 0 aromatic carbocycles. The second-order valence-electron chi connectivity index (χ2n) is 7.37. The van der Waals surface area contributed by atoms with Gasteiger partial charge in [-0.05, 0) is 42.4 Å². The number of hydrogen-bond acceptors (Lipinski definition) is 2. The Morgan fingerprint density at radius 2 is 1.71 bits per heavy atom. The summed E-state index contributed by atoms with van der Waals surface area (Å²) >= 11 is 1.91. The Bertz CT molecular complexity index is 464. The predicted octanol–water partition coefficient (Wildman–Crippen LogP) is 7.21. The van der Waals surface area contributed by atoms with Crippen LogP contribution < -0.4 is 0 Å². The smallest absolute Gasteiger partial charge is 0.0850 e.